The topological polar surface area (TPSA) is 95.6 Å². The number of sulfone groups is 1. The van der Waals surface area contributed by atoms with Crippen molar-refractivity contribution in [2.45, 2.75) is 24.4 Å². The quantitative estimate of drug-likeness (QED) is 0.342. The summed E-state index contributed by atoms with van der Waals surface area (Å²) in [5.41, 5.74) is -2.65. The van der Waals surface area contributed by atoms with E-state index in [-0.39, 0.29) is 16.8 Å². The molecule has 3 aromatic heterocycles. The number of ether oxygens (including phenoxy) is 1. The van der Waals surface area contributed by atoms with Crippen molar-refractivity contribution in [3.8, 4) is 22.7 Å². The van der Waals surface area contributed by atoms with Gasteiger partial charge in [0, 0.05) is 18.0 Å². The first kappa shape index (κ1) is 26.1. The molecule has 0 spiro atoms. The number of hydrogen-bond donors (Lipinski definition) is 0. The number of fused-ring (bicyclic) bond motifs is 1. The number of pyridine rings is 2. The van der Waals surface area contributed by atoms with Gasteiger partial charge in [0.15, 0.2) is 32.9 Å². The molecular weight excluding hydrogens is 537 g/mol. The molecule has 0 aliphatic rings. The third kappa shape index (κ3) is 5.14. The van der Waals surface area contributed by atoms with E-state index < -0.39 is 61.7 Å². The summed E-state index contributed by atoms with van der Waals surface area (Å²) in [7, 11) is -4.15. The maximum absolute atomic E-state index is 14.2. The molecule has 0 unspecified atom stereocenters. The highest BCUT2D eigenvalue weighted by molar-refractivity contribution is 7.91. The third-order valence-corrected chi connectivity index (χ3v) is 6.81. The molecule has 0 amide bonds. The second kappa shape index (κ2) is 8.86. The molecule has 0 aliphatic carbocycles. The molecule has 0 fully saturated rings. The molecule has 1 aromatic carbocycles. The average molecular weight is 550 g/mol. The lowest BCUT2D eigenvalue weighted by atomic mass is 10.1. The van der Waals surface area contributed by atoms with Crippen LogP contribution in [0.5, 0.6) is 5.75 Å². The van der Waals surface area contributed by atoms with Crippen LogP contribution in [0.2, 0.25) is 0 Å². The lowest BCUT2D eigenvalue weighted by Crippen LogP contribution is -2.23. The first-order valence-corrected chi connectivity index (χ1v) is 11.7. The molecule has 0 N–H and O–H groups in total. The molecular formula is C21H13F7N4O4S. The van der Waals surface area contributed by atoms with Gasteiger partial charge in [-0.1, -0.05) is 13.0 Å². The number of rotatable bonds is 5. The Bertz CT molecular complexity index is 1680. The van der Waals surface area contributed by atoms with Gasteiger partial charge in [-0.05, 0) is 35.9 Å². The van der Waals surface area contributed by atoms with Crippen LogP contribution in [0.25, 0.3) is 22.6 Å². The molecule has 0 atom stereocenters. The van der Waals surface area contributed by atoms with Crippen LogP contribution in [-0.2, 0) is 16.0 Å². The molecule has 3 heterocycles. The Morgan fingerprint density at radius 3 is 2.30 bits per heavy atom. The van der Waals surface area contributed by atoms with Gasteiger partial charge >= 0.3 is 18.2 Å². The van der Waals surface area contributed by atoms with Gasteiger partial charge in [0.25, 0.3) is 0 Å². The van der Waals surface area contributed by atoms with Gasteiger partial charge in [0.2, 0.25) is 0 Å². The Labute approximate surface area is 202 Å². The van der Waals surface area contributed by atoms with E-state index in [0.717, 1.165) is 24.4 Å². The summed E-state index contributed by atoms with van der Waals surface area (Å²) in [5, 5.41) is 3.87. The monoisotopic (exact) mass is 550 g/mol. The molecule has 8 nitrogen and oxygen atoms in total. The average Bonchev–Trinajstić information content (AvgIpc) is 3.14. The highest BCUT2D eigenvalue weighted by atomic mass is 32.2. The zero-order chi connectivity index (χ0) is 27.3. The lowest BCUT2D eigenvalue weighted by Gasteiger charge is -2.12. The van der Waals surface area contributed by atoms with E-state index in [9.17, 15) is 43.9 Å². The zero-order valence-corrected chi connectivity index (χ0v) is 19.1. The summed E-state index contributed by atoms with van der Waals surface area (Å²) in [6.45, 7) is 1.27. The van der Waals surface area contributed by atoms with Crippen LogP contribution in [0, 0.1) is 5.82 Å². The highest BCUT2D eigenvalue weighted by Gasteiger charge is 2.33. The zero-order valence-electron chi connectivity index (χ0n) is 18.3. The second-order valence-electron chi connectivity index (χ2n) is 7.48. The number of nitrogens with zero attached hydrogens (tertiary/aromatic N) is 4. The van der Waals surface area contributed by atoms with Gasteiger partial charge in [-0.25, -0.2) is 27.0 Å². The third-order valence-electron chi connectivity index (χ3n) is 5.08. The Balaban J connectivity index is 1.87. The van der Waals surface area contributed by atoms with Gasteiger partial charge < -0.3 is 4.74 Å². The van der Waals surface area contributed by atoms with Crippen molar-refractivity contribution in [2.24, 2.45) is 0 Å². The lowest BCUT2D eigenvalue weighted by molar-refractivity contribution is -0.275. The van der Waals surface area contributed by atoms with Crippen molar-refractivity contribution in [3.63, 3.8) is 0 Å². The maximum Gasteiger partial charge on any atom is 0.573 e. The normalized spacial score (nSPS) is 12.8. The summed E-state index contributed by atoms with van der Waals surface area (Å²) in [5.74, 6) is -3.53. The predicted molar refractivity (Wildman–Crippen MR) is 113 cm³/mol. The maximum atomic E-state index is 14.2. The van der Waals surface area contributed by atoms with Crippen LogP contribution in [0.15, 0.2) is 58.5 Å². The van der Waals surface area contributed by atoms with Gasteiger partial charge in [0.05, 0.1) is 11.3 Å². The van der Waals surface area contributed by atoms with E-state index in [1.165, 1.54) is 6.92 Å². The van der Waals surface area contributed by atoms with Crippen molar-refractivity contribution in [1.82, 2.24) is 19.2 Å². The van der Waals surface area contributed by atoms with Crippen LogP contribution in [0.4, 0.5) is 30.7 Å². The van der Waals surface area contributed by atoms with Crippen molar-refractivity contribution in [1.29, 1.82) is 0 Å². The fourth-order valence-electron chi connectivity index (χ4n) is 3.31. The Kier molecular flexibility index (Phi) is 6.26. The number of benzene rings is 1. The van der Waals surface area contributed by atoms with E-state index in [1.54, 1.807) is 0 Å². The van der Waals surface area contributed by atoms with Crippen LogP contribution >= 0.6 is 0 Å². The fraction of sp³-hybridized carbons (Fsp3) is 0.190. The van der Waals surface area contributed by atoms with Crippen molar-refractivity contribution in [3.05, 3.63) is 70.7 Å². The fourth-order valence-corrected chi connectivity index (χ4v) is 4.34. The Morgan fingerprint density at radius 2 is 1.70 bits per heavy atom. The van der Waals surface area contributed by atoms with Crippen LogP contribution < -0.4 is 10.4 Å². The van der Waals surface area contributed by atoms with Crippen LogP contribution in [0.3, 0.4) is 0 Å². The summed E-state index contributed by atoms with van der Waals surface area (Å²) in [4.78, 5) is 16.2. The molecule has 16 heteroatoms. The summed E-state index contributed by atoms with van der Waals surface area (Å²) >= 11 is 0. The molecule has 4 aromatic rings. The summed E-state index contributed by atoms with van der Waals surface area (Å²) < 4.78 is 121. The minimum atomic E-state index is -5.14. The van der Waals surface area contributed by atoms with Crippen LogP contribution in [0.1, 0.15) is 12.5 Å². The molecule has 0 radical (unpaired) electrons. The number of halogens is 7. The van der Waals surface area contributed by atoms with Crippen molar-refractivity contribution >= 4 is 15.5 Å². The molecule has 0 bridgehead atoms. The molecule has 37 heavy (non-hydrogen) atoms. The van der Waals surface area contributed by atoms with Crippen molar-refractivity contribution in [2.75, 3.05) is 5.75 Å². The van der Waals surface area contributed by atoms with Crippen molar-refractivity contribution < 1.29 is 43.9 Å². The van der Waals surface area contributed by atoms with Gasteiger partial charge in [-0.2, -0.15) is 17.9 Å². The molecule has 0 aliphatic heterocycles. The number of alkyl halides is 6. The first-order valence-electron chi connectivity index (χ1n) is 10.1. The minimum Gasteiger partial charge on any atom is -0.403 e. The van der Waals surface area contributed by atoms with Gasteiger partial charge in [-0.15, -0.1) is 18.3 Å². The first-order chi connectivity index (χ1) is 17.1. The van der Waals surface area contributed by atoms with E-state index >= 15 is 0 Å². The Hall–Kier alpha value is -3.95. The number of aromatic nitrogens is 4. The van der Waals surface area contributed by atoms with E-state index in [2.05, 4.69) is 14.8 Å². The van der Waals surface area contributed by atoms with E-state index in [0.29, 0.717) is 33.5 Å². The second-order valence-corrected chi connectivity index (χ2v) is 9.73. The summed E-state index contributed by atoms with van der Waals surface area (Å²) in [6, 6.07) is 4.97. The molecule has 4 rings (SSSR count). The van der Waals surface area contributed by atoms with Gasteiger partial charge in [-0.3, -0.25) is 0 Å². The largest absolute Gasteiger partial charge is 0.573 e. The number of hydrogen-bond acceptors (Lipinski definition) is 6. The van der Waals surface area contributed by atoms with E-state index in [4.69, 9.17) is 0 Å². The standard InChI is InChI=1S/C21H13F7N4O4S/c1-2-37(34,35)16-8-12(11-3-5-15(14(22)7-11)36-21(26,27)28)9-29-18(16)32-19(33)31-10-13(20(23,24)25)4-6-17(31)30-32/h3-10H,2H2,1H3. The SMILES string of the molecule is CCS(=O)(=O)c1cc(-c2ccc(OC(F)(F)F)c(F)c2)cnc1-n1nc2ccc(C(F)(F)F)cn2c1=O. The van der Waals surface area contributed by atoms with Gasteiger partial charge in [0.1, 0.15) is 4.90 Å². The summed E-state index contributed by atoms with van der Waals surface area (Å²) in [6.07, 6.45) is -8.41. The Morgan fingerprint density at radius 1 is 1.00 bits per heavy atom. The minimum absolute atomic E-state index is 0.0515. The smallest absolute Gasteiger partial charge is 0.403 e. The molecule has 0 saturated heterocycles. The highest BCUT2D eigenvalue weighted by Crippen LogP contribution is 2.32. The van der Waals surface area contributed by atoms with Crippen LogP contribution in [-0.4, -0.2) is 39.7 Å². The molecule has 196 valence electrons. The molecule has 0 saturated carbocycles. The predicted octanol–water partition coefficient (Wildman–Crippen LogP) is 4.40. The van der Waals surface area contributed by atoms with E-state index in [1.807, 2.05) is 0 Å².